The van der Waals surface area contributed by atoms with Gasteiger partial charge in [0.1, 0.15) is 6.07 Å². The van der Waals surface area contributed by atoms with Crippen LogP contribution in [0, 0.1) is 22.7 Å². The van der Waals surface area contributed by atoms with E-state index in [0.717, 1.165) is 61.0 Å². The molecule has 3 heterocycles. The van der Waals surface area contributed by atoms with Crippen LogP contribution in [0.4, 0.5) is 0 Å². The Kier molecular flexibility index (Phi) is 6.61. The Bertz CT molecular complexity index is 3400. The predicted molar refractivity (Wildman–Crippen MR) is 224 cm³/mol. The van der Waals surface area contributed by atoms with Crippen LogP contribution >= 0.6 is 0 Å². The molecule has 0 N–H and O–H groups in total. The van der Waals surface area contributed by atoms with Crippen LogP contribution in [0.2, 0.25) is 0 Å². The maximum atomic E-state index is 10.3. The Balaban J connectivity index is 1.06. The quantitative estimate of drug-likeness (QED) is 0.184. The van der Waals surface area contributed by atoms with Gasteiger partial charge in [-0.1, -0.05) is 97.1 Å². The Labute approximate surface area is 316 Å². The molecule has 3 aromatic heterocycles. The molecule has 0 aliphatic heterocycles. The summed E-state index contributed by atoms with van der Waals surface area (Å²) in [6, 6.07) is 65.9. The maximum absolute atomic E-state index is 10.3. The Morgan fingerprint density at radius 3 is 1.40 bits per heavy atom. The van der Waals surface area contributed by atoms with Crippen molar-refractivity contribution in [3.8, 4) is 40.3 Å². The lowest BCUT2D eigenvalue weighted by molar-refractivity contribution is 1.16. The minimum absolute atomic E-state index is 0.590. The summed E-state index contributed by atoms with van der Waals surface area (Å²) >= 11 is 0. The standard InChI is InChI=1S/C50H29N5/c51-30-33-22-25-37(55-48-19-8-3-13-40(48)42-15-9-10-34(31-52)50(42)55)28-43(33)32-20-23-35(24-21-32)53-47-18-7-4-14-41(47)44-29-36(26-27-49(44)53)54-45-16-5-1-11-38(45)39-12-2-6-17-46(39)54/h1-29H. The molecule has 0 bridgehead atoms. The molecule has 0 spiro atoms. The van der Waals surface area contributed by atoms with Gasteiger partial charge in [-0.3, -0.25) is 0 Å². The molecule has 0 unspecified atom stereocenters. The second-order valence-electron chi connectivity index (χ2n) is 14.0. The number of nitrogens with zero attached hydrogens (tertiary/aromatic N) is 5. The third kappa shape index (κ3) is 4.45. The number of fused-ring (bicyclic) bond motifs is 9. The van der Waals surface area contributed by atoms with E-state index in [4.69, 9.17) is 0 Å². The molecule has 0 fully saturated rings. The topological polar surface area (TPSA) is 62.4 Å². The molecule has 0 saturated carbocycles. The molecule has 5 heteroatoms. The molecule has 55 heavy (non-hydrogen) atoms. The molecular weight excluding hydrogens is 671 g/mol. The molecule has 11 aromatic rings. The zero-order chi connectivity index (χ0) is 36.6. The van der Waals surface area contributed by atoms with Gasteiger partial charge in [-0.05, 0) is 84.4 Å². The van der Waals surface area contributed by atoms with Gasteiger partial charge in [-0.25, -0.2) is 0 Å². The first-order valence-corrected chi connectivity index (χ1v) is 18.3. The lowest BCUT2D eigenvalue weighted by Crippen LogP contribution is -1.98. The van der Waals surface area contributed by atoms with E-state index in [1.807, 2.05) is 36.4 Å². The molecule has 0 atom stereocenters. The fourth-order valence-corrected chi connectivity index (χ4v) is 8.75. The number of benzene rings is 8. The molecule has 254 valence electrons. The van der Waals surface area contributed by atoms with E-state index in [9.17, 15) is 10.5 Å². The van der Waals surface area contributed by atoms with E-state index in [1.165, 1.54) is 32.6 Å². The van der Waals surface area contributed by atoms with Crippen molar-refractivity contribution in [2.45, 2.75) is 0 Å². The van der Waals surface area contributed by atoms with Crippen LogP contribution in [-0.4, -0.2) is 13.7 Å². The second-order valence-corrected chi connectivity index (χ2v) is 14.0. The number of hydrogen-bond acceptors (Lipinski definition) is 2. The fourth-order valence-electron chi connectivity index (χ4n) is 8.75. The van der Waals surface area contributed by atoms with Crippen molar-refractivity contribution in [2.75, 3.05) is 0 Å². The van der Waals surface area contributed by atoms with E-state index in [1.54, 1.807) is 0 Å². The van der Waals surface area contributed by atoms with Crippen molar-refractivity contribution in [3.63, 3.8) is 0 Å². The van der Waals surface area contributed by atoms with Gasteiger partial charge in [-0.2, -0.15) is 10.5 Å². The first-order chi connectivity index (χ1) is 27.2. The van der Waals surface area contributed by atoms with Crippen LogP contribution in [-0.2, 0) is 0 Å². The van der Waals surface area contributed by atoms with Gasteiger partial charge >= 0.3 is 0 Å². The van der Waals surface area contributed by atoms with Crippen molar-refractivity contribution in [2.24, 2.45) is 0 Å². The fraction of sp³-hybridized carbons (Fsp3) is 0. The third-order valence-corrected chi connectivity index (χ3v) is 11.1. The summed E-state index contributed by atoms with van der Waals surface area (Å²) in [6.07, 6.45) is 0. The van der Waals surface area contributed by atoms with Gasteiger partial charge in [-0.15, -0.1) is 0 Å². The van der Waals surface area contributed by atoms with Crippen LogP contribution < -0.4 is 0 Å². The minimum Gasteiger partial charge on any atom is -0.309 e. The second kappa shape index (κ2) is 11.8. The smallest absolute Gasteiger partial charge is 0.101 e. The van der Waals surface area contributed by atoms with Crippen molar-refractivity contribution >= 4 is 65.4 Å². The van der Waals surface area contributed by atoms with Gasteiger partial charge in [0.15, 0.2) is 0 Å². The van der Waals surface area contributed by atoms with E-state index >= 15 is 0 Å². The molecule has 0 amide bonds. The van der Waals surface area contributed by atoms with E-state index < -0.39 is 0 Å². The molecule has 0 radical (unpaired) electrons. The molecule has 11 rings (SSSR count). The van der Waals surface area contributed by atoms with Gasteiger partial charge in [0.2, 0.25) is 0 Å². The van der Waals surface area contributed by atoms with Gasteiger partial charge in [0.25, 0.3) is 0 Å². The Morgan fingerprint density at radius 2 is 0.782 bits per heavy atom. The average Bonchev–Trinajstić information content (AvgIpc) is 3.89. The molecule has 0 saturated heterocycles. The summed E-state index contributed by atoms with van der Waals surface area (Å²) in [5, 5.41) is 27.3. The summed E-state index contributed by atoms with van der Waals surface area (Å²) in [7, 11) is 0. The third-order valence-electron chi connectivity index (χ3n) is 11.1. The van der Waals surface area contributed by atoms with E-state index in [2.05, 4.69) is 165 Å². The lowest BCUT2D eigenvalue weighted by atomic mass is 9.99. The van der Waals surface area contributed by atoms with Crippen LogP contribution in [0.15, 0.2) is 176 Å². The largest absolute Gasteiger partial charge is 0.309 e. The monoisotopic (exact) mass is 699 g/mol. The summed E-state index contributed by atoms with van der Waals surface area (Å²) < 4.78 is 6.84. The van der Waals surface area contributed by atoms with E-state index in [0.29, 0.717) is 11.1 Å². The molecule has 0 aliphatic carbocycles. The van der Waals surface area contributed by atoms with Crippen LogP contribution in [0.25, 0.3) is 93.6 Å². The Morgan fingerprint density at radius 1 is 0.327 bits per heavy atom. The van der Waals surface area contributed by atoms with Crippen molar-refractivity contribution in [1.29, 1.82) is 10.5 Å². The molecule has 5 nitrogen and oxygen atoms in total. The number of rotatable bonds is 4. The maximum Gasteiger partial charge on any atom is 0.101 e. The first-order valence-electron chi connectivity index (χ1n) is 18.3. The highest BCUT2D eigenvalue weighted by atomic mass is 15.0. The summed E-state index contributed by atoms with van der Waals surface area (Å²) in [6.45, 7) is 0. The van der Waals surface area contributed by atoms with Crippen molar-refractivity contribution in [3.05, 3.63) is 187 Å². The van der Waals surface area contributed by atoms with Crippen LogP contribution in [0.5, 0.6) is 0 Å². The van der Waals surface area contributed by atoms with Crippen LogP contribution in [0.3, 0.4) is 0 Å². The zero-order valence-corrected chi connectivity index (χ0v) is 29.5. The first kappa shape index (κ1) is 30.7. The zero-order valence-electron chi connectivity index (χ0n) is 29.5. The average molecular weight is 700 g/mol. The SMILES string of the molecule is N#Cc1ccc(-n2c3ccccc3c3cccc(C#N)c32)cc1-c1ccc(-n2c3ccccc3c3cc(-n4c5ccccc5c5ccccc54)ccc32)cc1. The van der Waals surface area contributed by atoms with Crippen molar-refractivity contribution in [1.82, 2.24) is 13.7 Å². The molecular formula is C50H29N5. The summed E-state index contributed by atoms with van der Waals surface area (Å²) in [4.78, 5) is 0. The van der Waals surface area contributed by atoms with Crippen molar-refractivity contribution < 1.29 is 0 Å². The Hall–Kier alpha value is -7.86. The summed E-state index contributed by atoms with van der Waals surface area (Å²) in [5.74, 6) is 0. The number of nitriles is 2. The van der Waals surface area contributed by atoms with Gasteiger partial charge in [0.05, 0.1) is 50.3 Å². The highest BCUT2D eigenvalue weighted by Gasteiger charge is 2.19. The number of hydrogen-bond donors (Lipinski definition) is 0. The number of para-hydroxylation sites is 5. The highest BCUT2D eigenvalue weighted by molar-refractivity contribution is 6.13. The normalized spacial score (nSPS) is 11.6. The molecule has 0 aliphatic rings. The lowest BCUT2D eigenvalue weighted by Gasteiger charge is -2.14. The van der Waals surface area contributed by atoms with Gasteiger partial charge in [0, 0.05) is 54.9 Å². The highest BCUT2D eigenvalue weighted by Crippen LogP contribution is 2.39. The predicted octanol–water partition coefficient (Wildman–Crippen LogP) is 12.4. The van der Waals surface area contributed by atoms with Gasteiger partial charge < -0.3 is 13.7 Å². The summed E-state index contributed by atoms with van der Waals surface area (Å²) in [5.41, 5.74) is 12.5. The number of aromatic nitrogens is 3. The minimum atomic E-state index is 0.590. The van der Waals surface area contributed by atoms with Crippen LogP contribution in [0.1, 0.15) is 11.1 Å². The molecule has 8 aromatic carbocycles. The van der Waals surface area contributed by atoms with E-state index in [-0.39, 0.29) is 0 Å².